The molecule has 0 spiro atoms. The number of hydrogen-bond donors (Lipinski definition) is 1. The quantitative estimate of drug-likeness (QED) is 0.524. The van der Waals surface area contributed by atoms with Crippen LogP contribution in [0.25, 0.3) is 11.5 Å². The number of benzene rings is 2. The highest BCUT2D eigenvalue weighted by Gasteiger charge is 2.20. The highest BCUT2D eigenvalue weighted by Crippen LogP contribution is 2.27. The molecule has 0 aliphatic rings. The highest BCUT2D eigenvalue weighted by molar-refractivity contribution is 6.06. The smallest absolute Gasteiger partial charge is 0.261 e. The van der Waals surface area contributed by atoms with Crippen LogP contribution in [0, 0.1) is 6.92 Å². The molecule has 2 heterocycles. The topological polar surface area (TPSA) is 70.3 Å². The summed E-state index contributed by atoms with van der Waals surface area (Å²) in [5.74, 6) is 1.54. The molecule has 0 atom stereocenters. The number of anilines is 1. The van der Waals surface area contributed by atoms with E-state index in [4.69, 9.17) is 9.47 Å². The number of aryl methyl sites for hydroxylation is 1. The zero-order chi connectivity index (χ0) is 21.1. The van der Waals surface area contributed by atoms with E-state index in [0.717, 1.165) is 11.3 Å². The van der Waals surface area contributed by atoms with Gasteiger partial charge < -0.3 is 19.4 Å². The second-order valence-electron chi connectivity index (χ2n) is 6.77. The minimum Gasteiger partial charge on any atom is -0.497 e. The highest BCUT2D eigenvalue weighted by atomic mass is 16.5. The first kappa shape index (κ1) is 19.3. The molecular formula is C23H22N4O3. The first-order valence-corrected chi connectivity index (χ1v) is 9.42. The van der Waals surface area contributed by atoms with E-state index in [1.54, 1.807) is 43.3 Å². The summed E-state index contributed by atoms with van der Waals surface area (Å²) in [6, 6.07) is 17.0. The van der Waals surface area contributed by atoms with Crippen molar-refractivity contribution in [1.29, 1.82) is 0 Å². The number of amides is 1. The molecular weight excluding hydrogens is 380 g/mol. The average Bonchev–Trinajstić information content (AvgIpc) is 3.43. The number of ether oxygens (including phenoxy) is 2. The molecule has 0 saturated heterocycles. The molecule has 2 aromatic carbocycles. The zero-order valence-electron chi connectivity index (χ0n) is 17.0. The van der Waals surface area contributed by atoms with Crippen LogP contribution in [0.2, 0.25) is 0 Å². The number of nitrogens with zero attached hydrogens (tertiary/aromatic N) is 3. The zero-order valence-corrected chi connectivity index (χ0v) is 17.0. The molecule has 0 unspecified atom stereocenters. The molecule has 152 valence electrons. The van der Waals surface area contributed by atoms with Gasteiger partial charge in [-0.2, -0.15) is 5.10 Å². The third kappa shape index (κ3) is 3.77. The number of methoxy groups -OCH3 is 2. The van der Waals surface area contributed by atoms with Crippen molar-refractivity contribution < 1.29 is 14.3 Å². The second kappa shape index (κ2) is 8.16. The summed E-state index contributed by atoms with van der Waals surface area (Å²) in [6.07, 6.45) is 5.34. The molecule has 30 heavy (non-hydrogen) atoms. The van der Waals surface area contributed by atoms with Gasteiger partial charge in [0.25, 0.3) is 5.91 Å². The van der Waals surface area contributed by atoms with E-state index >= 15 is 0 Å². The van der Waals surface area contributed by atoms with Gasteiger partial charge in [0, 0.05) is 36.3 Å². The summed E-state index contributed by atoms with van der Waals surface area (Å²) in [6.45, 7) is 2.03. The number of carbonyl (C=O) groups is 1. The minimum absolute atomic E-state index is 0.285. The van der Waals surface area contributed by atoms with Crippen LogP contribution in [-0.4, -0.2) is 34.5 Å². The first-order valence-electron chi connectivity index (χ1n) is 9.42. The molecule has 2 aromatic heterocycles. The van der Waals surface area contributed by atoms with Gasteiger partial charge in [0.05, 0.1) is 26.1 Å². The second-order valence-corrected chi connectivity index (χ2v) is 6.77. The van der Waals surface area contributed by atoms with E-state index in [0.29, 0.717) is 28.6 Å². The summed E-state index contributed by atoms with van der Waals surface area (Å²) in [5, 5.41) is 7.41. The van der Waals surface area contributed by atoms with Crippen molar-refractivity contribution in [2.24, 2.45) is 0 Å². The fourth-order valence-corrected chi connectivity index (χ4v) is 3.18. The minimum atomic E-state index is -0.285. The fourth-order valence-electron chi connectivity index (χ4n) is 3.18. The van der Waals surface area contributed by atoms with Gasteiger partial charge in [-0.25, -0.2) is 4.68 Å². The molecule has 0 fully saturated rings. The summed E-state index contributed by atoms with van der Waals surface area (Å²) < 4.78 is 14.2. The van der Waals surface area contributed by atoms with Crippen LogP contribution in [0.3, 0.4) is 0 Å². The van der Waals surface area contributed by atoms with Gasteiger partial charge in [0.2, 0.25) is 0 Å². The van der Waals surface area contributed by atoms with Crippen LogP contribution in [-0.2, 0) is 0 Å². The number of nitrogens with one attached hydrogen (secondary N) is 1. The Morgan fingerprint density at radius 1 is 0.967 bits per heavy atom. The molecule has 1 amide bonds. The SMILES string of the molecule is COc1cc(NC(=O)c2cnn(-c3ccc(C)cc3)c2-n2cccc2)cc(OC)c1. The third-order valence-electron chi connectivity index (χ3n) is 4.73. The van der Waals surface area contributed by atoms with E-state index < -0.39 is 0 Å². The van der Waals surface area contributed by atoms with Gasteiger partial charge >= 0.3 is 0 Å². The Labute approximate surface area is 174 Å². The maximum Gasteiger partial charge on any atom is 0.261 e. The van der Waals surface area contributed by atoms with Gasteiger partial charge in [-0.15, -0.1) is 0 Å². The van der Waals surface area contributed by atoms with Gasteiger partial charge in [-0.3, -0.25) is 4.79 Å². The monoisotopic (exact) mass is 402 g/mol. The van der Waals surface area contributed by atoms with Gasteiger partial charge in [0.15, 0.2) is 5.82 Å². The van der Waals surface area contributed by atoms with Crippen molar-refractivity contribution in [2.75, 3.05) is 19.5 Å². The number of aromatic nitrogens is 3. The Balaban J connectivity index is 1.74. The number of hydrogen-bond acceptors (Lipinski definition) is 4. The molecule has 4 aromatic rings. The predicted octanol–water partition coefficient (Wildman–Crippen LogP) is 4.24. The Morgan fingerprint density at radius 3 is 2.20 bits per heavy atom. The van der Waals surface area contributed by atoms with Gasteiger partial charge in [-0.05, 0) is 31.2 Å². The Hall–Kier alpha value is -4.00. The average molecular weight is 402 g/mol. The van der Waals surface area contributed by atoms with E-state index in [2.05, 4.69) is 10.4 Å². The van der Waals surface area contributed by atoms with Crippen molar-refractivity contribution >= 4 is 11.6 Å². The number of carbonyl (C=O) groups excluding carboxylic acids is 1. The Kier molecular flexibility index (Phi) is 5.26. The third-order valence-corrected chi connectivity index (χ3v) is 4.73. The van der Waals surface area contributed by atoms with Crippen molar-refractivity contribution in [2.45, 2.75) is 6.92 Å². The van der Waals surface area contributed by atoms with E-state index in [1.165, 1.54) is 0 Å². The largest absolute Gasteiger partial charge is 0.497 e. The molecule has 0 aliphatic heterocycles. The predicted molar refractivity (Wildman–Crippen MR) is 115 cm³/mol. The molecule has 7 nitrogen and oxygen atoms in total. The lowest BCUT2D eigenvalue weighted by molar-refractivity contribution is 0.102. The van der Waals surface area contributed by atoms with E-state index in [1.807, 2.05) is 60.3 Å². The molecule has 1 N–H and O–H groups in total. The summed E-state index contributed by atoms with van der Waals surface area (Å²) in [4.78, 5) is 13.2. The van der Waals surface area contributed by atoms with Crippen molar-refractivity contribution in [3.05, 3.63) is 84.3 Å². The Bertz CT molecular complexity index is 1140. The standard InChI is InChI=1S/C23H22N4O3/c1-16-6-8-18(9-7-16)27-23(26-10-4-5-11-26)21(15-24-27)22(28)25-17-12-19(29-2)14-20(13-17)30-3/h4-15H,1-3H3,(H,25,28). The first-order chi connectivity index (χ1) is 14.6. The van der Waals surface area contributed by atoms with Crippen LogP contribution < -0.4 is 14.8 Å². The van der Waals surface area contributed by atoms with Crippen LogP contribution in [0.5, 0.6) is 11.5 Å². The molecule has 0 radical (unpaired) electrons. The van der Waals surface area contributed by atoms with Crippen molar-refractivity contribution in [3.8, 4) is 23.0 Å². The summed E-state index contributed by atoms with van der Waals surface area (Å²) >= 11 is 0. The van der Waals surface area contributed by atoms with E-state index in [9.17, 15) is 4.79 Å². The maximum atomic E-state index is 13.2. The van der Waals surface area contributed by atoms with Crippen LogP contribution in [0.4, 0.5) is 5.69 Å². The summed E-state index contributed by atoms with van der Waals surface area (Å²) in [5.41, 5.74) is 3.02. The molecule has 0 saturated carbocycles. The fraction of sp³-hybridized carbons (Fsp3) is 0.130. The van der Waals surface area contributed by atoms with Gasteiger partial charge in [-0.1, -0.05) is 17.7 Å². The molecule has 0 bridgehead atoms. The van der Waals surface area contributed by atoms with Gasteiger partial charge in [0.1, 0.15) is 17.1 Å². The molecule has 0 aliphatic carbocycles. The lowest BCUT2D eigenvalue weighted by Gasteiger charge is -2.12. The van der Waals surface area contributed by atoms with Crippen LogP contribution >= 0.6 is 0 Å². The molecule has 4 rings (SSSR count). The molecule has 7 heteroatoms. The normalized spacial score (nSPS) is 10.6. The van der Waals surface area contributed by atoms with Crippen molar-refractivity contribution in [3.63, 3.8) is 0 Å². The van der Waals surface area contributed by atoms with Crippen molar-refractivity contribution in [1.82, 2.24) is 14.3 Å². The Morgan fingerprint density at radius 2 is 1.60 bits per heavy atom. The lowest BCUT2D eigenvalue weighted by atomic mass is 10.2. The van der Waals surface area contributed by atoms with Crippen LogP contribution in [0.15, 0.2) is 73.2 Å². The number of rotatable bonds is 6. The summed E-state index contributed by atoms with van der Waals surface area (Å²) in [7, 11) is 3.13. The van der Waals surface area contributed by atoms with Crippen LogP contribution in [0.1, 0.15) is 15.9 Å². The maximum absolute atomic E-state index is 13.2. The van der Waals surface area contributed by atoms with E-state index in [-0.39, 0.29) is 5.91 Å². The lowest BCUT2D eigenvalue weighted by Crippen LogP contribution is -2.15.